The third-order valence-electron chi connectivity index (χ3n) is 5.45. The van der Waals surface area contributed by atoms with Crippen LogP contribution in [0.15, 0.2) is 58.2 Å². The first-order valence-electron chi connectivity index (χ1n) is 10.7. The highest BCUT2D eigenvalue weighted by Crippen LogP contribution is 2.25. The molecule has 0 unspecified atom stereocenters. The van der Waals surface area contributed by atoms with E-state index in [0.29, 0.717) is 38.5 Å². The van der Waals surface area contributed by atoms with Crippen molar-refractivity contribution in [1.29, 1.82) is 0 Å². The normalized spacial score (nSPS) is 13.6. The summed E-state index contributed by atoms with van der Waals surface area (Å²) in [5.41, 5.74) is 5.37. The summed E-state index contributed by atoms with van der Waals surface area (Å²) in [6, 6.07) is 13.9. The quantitative estimate of drug-likeness (QED) is 0.429. The maximum atomic E-state index is 12.9. The van der Waals surface area contributed by atoms with Crippen LogP contribution in [0.2, 0.25) is 0 Å². The van der Waals surface area contributed by atoms with Gasteiger partial charge < -0.3 is 14.0 Å². The van der Waals surface area contributed by atoms with E-state index in [1.807, 2.05) is 49.4 Å². The van der Waals surface area contributed by atoms with E-state index in [-0.39, 0.29) is 18.1 Å². The van der Waals surface area contributed by atoms with Crippen LogP contribution in [-0.2, 0) is 27.2 Å². The van der Waals surface area contributed by atoms with E-state index in [0.717, 1.165) is 33.9 Å². The number of carbonyl (C=O) groups is 1. The van der Waals surface area contributed by atoms with Crippen LogP contribution in [-0.4, -0.2) is 48.6 Å². The number of ether oxygens (including phenoxy) is 2. The Bertz CT molecular complexity index is 1090. The molecule has 2 aromatic heterocycles. The highest BCUT2D eigenvalue weighted by atomic mass is 16.5. The van der Waals surface area contributed by atoms with Crippen LogP contribution in [0.3, 0.4) is 0 Å². The standard InChI is InChI=1S/C25H27N3O4/c1-17-10-24(28-32-17)25-23-15-26-21(11-19(23)14-27-25)13-22(29)12-20(16-31-9-8-30-2)18-6-4-3-5-7-18/h3-7,10-11,15,20H,8-9,12-14,16H2,1-2H3/t20-/m1/s1. The molecule has 0 bridgehead atoms. The molecule has 0 spiro atoms. The summed E-state index contributed by atoms with van der Waals surface area (Å²) in [7, 11) is 1.64. The van der Waals surface area contributed by atoms with Gasteiger partial charge in [-0.2, -0.15) is 0 Å². The summed E-state index contributed by atoms with van der Waals surface area (Å²) >= 11 is 0. The zero-order chi connectivity index (χ0) is 22.3. The van der Waals surface area contributed by atoms with E-state index >= 15 is 0 Å². The van der Waals surface area contributed by atoms with Gasteiger partial charge in [0.1, 0.15) is 17.2 Å². The van der Waals surface area contributed by atoms with Crippen LogP contribution >= 0.6 is 0 Å². The highest BCUT2D eigenvalue weighted by Gasteiger charge is 2.22. The number of hydrogen-bond acceptors (Lipinski definition) is 7. The molecular weight excluding hydrogens is 406 g/mol. The lowest BCUT2D eigenvalue weighted by molar-refractivity contribution is -0.119. The largest absolute Gasteiger partial charge is 0.382 e. The average Bonchev–Trinajstić information content (AvgIpc) is 3.42. The Balaban J connectivity index is 1.40. The lowest BCUT2D eigenvalue weighted by Crippen LogP contribution is -2.16. The number of hydrogen-bond donors (Lipinski definition) is 0. The van der Waals surface area contributed by atoms with Crippen molar-refractivity contribution >= 4 is 11.5 Å². The predicted octanol–water partition coefficient (Wildman–Crippen LogP) is 3.68. The maximum absolute atomic E-state index is 12.9. The monoisotopic (exact) mass is 433 g/mol. The fraction of sp³-hybridized carbons (Fsp3) is 0.360. The fourth-order valence-corrected chi connectivity index (χ4v) is 3.85. The molecule has 3 heterocycles. The minimum absolute atomic E-state index is 0.000300. The Morgan fingerprint density at radius 1 is 1.19 bits per heavy atom. The number of aliphatic imine (C=N–C) groups is 1. The third kappa shape index (κ3) is 5.36. The zero-order valence-electron chi connectivity index (χ0n) is 18.4. The number of benzene rings is 1. The highest BCUT2D eigenvalue weighted by molar-refractivity contribution is 6.13. The predicted molar refractivity (Wildman–Crippen MR) is 120 cm³/mol. The minimum Gasteiger partial charge on any atom is -0.382 e. The molecule has 0 saturated heterocycles. The summed E-state index contributed by atoms with van der Waals surface area (Å²) in [6.45, 7) is 3.93. The van der Waals surface area contributed by atoms with Crippen LogP contribution in [0.1, 0.15) is 46.2 Å². The molecule has 7 heteroatoms. The molecule has 1 aliphatic heterocycles. The van der Waals surface area contributed by atoms with Gasteiger partial charge in [0.15, 0.2) is 0 Å². The molecule has 0 fully saturated rings. The fourth-order valence-electron chi connectivity index (χ4n) is 3.85. The van der Waals surface area contributed by atoms with Gasteiger partial charge in [-0.1, -0.05) is 35.5 Å². The van der Waals surface area contributed by atoms with Crippen molar-refractivity contribution in [3.8, 4) is 0 Å². The second-order valence-electron chi connectivity index (χ2n) is 7.92. The Kier molecular flexibility index (Phi) is 7.19. The van der Waals surface area contributed by atoms with Crippen LogP contribution in [0, 0.1) is 6.92 Å². The van der Waals surface area contributed by atoms with Crippen molar-refractivity contribution in [1.82, 2.24) is 10.1 Å². The van der Waals surface area contributed by atoms with E-state index in [9.17, 15) is 4.79 Å². The van der Waals surface area contributed by atoms with Gasteiger partial charge in [0.2, 0.25) is 0 Å². The van der Waals surface area contributed by atoms with E-state index in [1.165, 1.54) is 0 Å². The molecule has 4 rings (SSSR count). The van der Waals surface area contributed by atoms with E-state index < -0.39 is 0 Å². The first-order valence-corrected chi connectivity index (χ1v) is 10.7. The van der Waals surface area contributed by atoms with Gasteiger partial charge in [0.05, 0.1) is 32.1 Å². The number of nitrogens with zero attached hydrogens (tertiary/aromatic N) is 3. The number of aryl methyl sites for hydroxylation is 1. The molecule has 1 aromatic carbocycles. The van der Waals surface area contributed by atoms with Gasteiger partial charge >= 0.3 is 0 Å². The number of carbonyl (C=O) groups excluding carboxylic acids is 1. The van der Waals surface area contributed by atoms with E-state index in [1.54, 1.807) is 13.3 Å². The molecule has 7 nitrogen and oxygen atoms in total. The Morgan fingerprint density at radius 2 is 2.03 bits per heavy atom. The molecule has 32 heavy (non-hydrogen) atoms. The number of aromatic nitrogens is 2. The minimum atomic E-state index is 0.000300. The van der Waals surface area contributed by atoms with E-state index in [4.69, 9.17) is 14.0 Å². The molecule has 0 saturated carbocycles. The summed E-state index contributed by atoms with van der Waals surface area (Å²) in [5.74, 6) is 0.874. The topological polar surface area (TPSA) is 86.8 Å². The van der Waals surface area contributed by atoms with Crippen LogP contribution in [0.4, 0.5) is 0 Å². The van der Waals surface area contributed by atoms with Gasteiger partial charge in [-0.05, 0) is 24.1 Å². The van der Waals surface area contributed by atoms with Crippen molar-refractivity contribution < 1.29 is 18.8 Å². The Hall–Kier alpha value is -3.16. The van der Waals surface area contributed by atoms with Gasteiger partial charge in [0, 0.05) is 49.4 Å². The zero-order valence-corrected chi connectivity index (χ0v) is 18.4. The number of rotatable bonds is 11. The molecule has 0 amide bonds. The number of fused-ring (bicyclic) bond motifs is 1. The van der Waals surface area contributed by atoms with Gasteiger partial charge in [0.25, 0.3) is 0 Å². The van der Waals surface area contributed by atoms with Crippen molar-refractivity contribution in [2.24, 2.45) is 4.99 Å². The Morgan fingerprint density at radius 3 is 2.78 bits per heavy atom. The molecule has 0 radical (unpaired) electrons. The lowest BCUT2D eigenvalue weighted by atomic mass is 9.93. The maximum Gasteiger partial charge on any atom is 0.139 e. The summed E-state index contributed by atoms with van der Waals surface area (Å²) in [6.07, 6.45) is 2.47. The van der Waals surface area contributed by atoms with Crippen molar-refractivity contribution in [3.05, 3.63) is 82.5 Å². The summed E-state index contributed by atoms with van der Waals surface area (Å²) in [4.78, 5) is 22.0. The second kappa shape index (κ2) is 10.4. The molecular formula is C25H27N3O4. The first-order chi connectivity index (χ1) is 15.6. The van der Waals surface area contributed by atoms with Crippen molar-refractivity contribution in [3.63, 3.8) is 0 Å². The molecule has 0 aliphatic carbocycles. The lowest BCUT2D eigenvalue weighted by Gasteiger charge is -2.17. The summed E-state index contributed by atoms with van der Waals surface area (Å²) in [5, 5.41) is 4.06. The number of Topliss-reactive ketones (excluding diaryl/α,β-unsaturated/α-hetero) is 1. The average molecular weight is 434 g/mol. The van der Waals surface area contributed by atoms with Crippen LogP contribution in [0.25, 0.3) is 0 Å². The molecule has 166 valence electrons. The SMILES string of the molecule is COCCOC[C@@H](CC(=O)Cc1cc2c(cn1)C(c1cc(C)on1)=NC2)c1ccccc1. The Labute approximate surface area is 187 Å². The van der Waals surface area contributed by atoms with Crippen LogP contribution in [0.5, 0.6) is 0 Å². The smallest absolute Gasteiger partial charge is 0.139 e. The van der Waals surface area contributed by atoms with Gasteiger partial charge in [-0.25, -0.2) is 0 Å². The number of pyridine rings is 1. The van der Waals surface area contributed by atoms with Gasteiger partial charge in [-0.15, -0.1) is 0 Å². The number of methoxy groups -OCH3 is 1. The van der Waals surface area contributed by atoms with Crippen LogP contribution < -0.4 is 0 Å². The van der Waals surface area contributed by atoms with Gasteiger partial charge in [-0.3, -0.25) is 14.8 Å². The van der Waals surface area contributed by atoms with Crippen molar-refractivity contribution in [2.75, 3.05) is 26.9 Å². The first kappa shape index (κ1) is 22.0. The molecule has 1 aliphatic rings. The second-order valence-corrected chi connectivity index (χ2v) is 7.92. The van der Waals surface area contributed by atoms with E-state index in [2.05, 4.69) is 15.1 Å². The molecule has 1 atom stereocenters. The molecule has 3 aromatic rings. The summed E-state index contributed by atoms with van der Waals surface area (Å²) < 4.78 is 16.0. The third-order valence-corrected chi connectivity index (χ3v) is 5.45. The van der Waals surface area contributed by atoms with Crippen molar-refractivity contribution in [2.45, 2.75) is 32.2 Å². The molecule has 0 N–H and O–H groups in total. The number of ketones is 1.